The zero-order valence-corrected chi connectivity index (χ0v) is 12.7. The number of alkyl halides is 2. The fourth-order valence-corrected chi connectivity index (χ4v) is 2.17. The first-order chi connectivity index (χ1) is 9.93. The van der Waals surface area contributed by atoms with E-state index in [2.05, 4.69) is 0 Å². The molecule has 1 saturated heterocycles. The van der Waals surface area contributed by atoms with E-state index < -0.39 is 17.6 Å². The molecule has 0 saturated carbocycles. The van der Waals surface area contributed by atoms with Crippen LogP contribution in [-0.4, -0.2) is 43.0 Å². The maximum atomic E-state index is 13.3. The van der Waals surface area contributed by atoms with Gasteiger partial charge in [0.15, 0.2) is 0 Å². The molecular formula is C14H18ClF3N2O2. The van der Waals surface area contributed by atoms with E-state index >= 15 is 0 Å². The van der Waals surface area contributed by atoms with Crippen LogP contribution in [0.4, 0.5) is 13.2 Å². The van der Waals surface area contributed by atoms with Crippen molar-refractivity contribution in [2.24, 2.45) is 5.73 Å². The summed E-state index contributed by atoms with van der Waals surface area (Å²) in [4.78, 5) is 13.6. The standard InChI is InChI=1S/C14H17F3N2O2.ClH/c15-10-1-2-12(21-8-5-18)11(9-10)13(20)19-6-3-14(16,17)4-7-19;/h1-2,9H,3-8,18H2;1H. The number of amides is 1. The van der Waals surface area contributed by atoms with E-state index in [-0.39, 0.29) is 62.8 Å². The Bertz CT molecular complexity index is 519. The number of nitrogens with two attached hydrogens (primary N) is 1. The monoisotopic (exact) mass is 338 g/mol. The molecule has 1 fully saturated rings. The molecule has 8 heteroatoms. The first-order valence-corrected chi connectivity index (χ1v) is 6.72. The normalized spacial score (nSPS) is 16.8. The molecule has 0 radical (unpaired) electrons. The molecule has 2 N–H and O–H groups in total. The van der Waals surface area contributed by atoms with Gasteiger partial charge in [-0.2, -0.15) is 0 Å². The zero-order chi connectivity index (χ0) is 15.5. The number of hydrogen-bond donors (Lipinski definition) is 1. The minimum atomic E-state index is -2.74. The van der Waals surface area contributed by atoms with Gasteiger partial charge in [-0.05, 0) is 18.2 Å². The molecule has 1 aromatic carbocycles. The van der Waals surface area contributed by atoms with Crippen molar-refractivity contribution in [2.45, 2.75) is 18.8 Å². The fourth-order valence-electron chi connectivity index (χ4n) is 2.17. The van der Waals surface area contributed by atoms with Crippen LogP contribution in [0.25, 0.3) is 0 Å². The molecule has 4 nitrogen and oxygen atoms in total. The van der Waals surface area contributed by atoms with Gasteiger partial charge in [0.1, 0.15) is 18.2 Å². The van der Waals surface area contributed by atoms with E-state index in [9.17, 15) is 18.0 Å². The highest BCUT2D eigenvalue weighted by atomic mass is 35.5. The lowest BCUT2D eigenvalue weighted by Crippen LogP contribution is -2.42. The van der Waals surface area contributed by atoms with E-state index in [1.807, 2.05) is 0 Å². The third kappa shape index (κ3) is 4.51. The number of halogens is 4. The van der Waals surface area contributed by atoms with Gasteiger partial charge in [0.25, 0.3) is 11.8 Å². The summed E-state index contributed by atoms with van der Waals surface area (Å²) in [5.41, 5.74) is 5.36. The number of benzene rings is 1. The number of carbonyl (C=O) groups is 1. The van der Waals surface area contributed by atoms with Crippen molar-refractivity contribution in [3.63, 3.8) is 0 Å². The van der Waals surface area contributed by atoms with Gasteiger partial charge in [-0.25, -0.2) is 13.2 Å². The van der Waals surface area contributed by atoms with E-state index in [1.54, 1.807) is 0 Å². The Hall–Kier alpha value is -1.47. The lowest BCUT2D eigenvalue weighted by atomic mass is 10.1. The van der Waals surface area contributed by atoms with Crippen LogP contribution in [0.15, 0.2) is 18.2 Å². The van der Waals surface area contributed by atoms with Crippen molar-refractivity contribution < 1.29 is 22.7 Å². The van der Waals surface area contributed by atoms with E-state index in [0.717, 1.165) is 6.07 Å². The Kier molecular flexibility index (Phi) is 6.49. The summed E-state index contributed by atoms with van der Waals surface area (Å²) in [6.07, 6.45) is -0.764. The van der Waals surface area contributed by atoms with Crippen molar-refractivity contribution in [3.8, 4) is 5.75 Å². The highest BCUT2D eigenvalue weighted by Crippen LogP contribution is 2.30. The summed E-state index contributed by atoms with van der Waals surface area (Å²) in [7, 11) is 0. The molecule has 0 aromatic heterocycles. The number of rotatable bonds is 4. The first-order valence-electron chi connectivity index (χ1n) is 6.72. The van der Waals surface area contributed by atoms with Crippen LogP contribution in [0.1, 0.15) is 23.2 Å². The fraction of sp³-hybridized carbons (Fsp3) is 0.500. The van der Waals surface area contributed by atoms with Crippen LogP contribution < -0.4 is 10.5 Å². The topological polar surface area (TPSA) is 55.6 Å². The number of carbonyl (C=O) groups excluding carboxylic acids is 1. The molecule has 2 rings (SSSR count). The van der Waals surface area contributed by atoms with E-state index in [1.165, 1.54) is 17.0 Å². The third-order valence-corrected chi connectivity index (χ3v) is 3.33. The Morgan fingerprint density at radius 2 is 1.95 bits per heavy atom. The summed E-state index contributed by atoms with van der Waals surface area (Å²) >= 11 is 0. The van der Waals surface area contributed by atoms with Gasteiger partial charge in [-0.3, -0.25) is 4.79 Å². The predicted molar refractivity (Wildman–Crippen MR) is 78.3 cm³/mol. The third-order valence-electron chi connectivity index (χ3n) is 3.33. The number of hydrogen-bond acceptors (Lipinski definition) is 3. The lowest BCUT2D eigenvalue weighted by molar-refractivity contribution is -0.0494. The van der Waals surface area contributed by atoms with Crippen molar-refractivity contribution in [1.82, 2.24) is 4.90 Å². The molecule has 124 valence electrons. The van der Waals surface area contributed by atoms with Gasteiger partial charge < -0.3 is 15.4 Å². The molecule has 1 heterocycles. The van der Waals surface area contributed by atoms with Crippen molar-refractivity contribution in [3.05, 3.63) is 29.6 Å². The molecule has 1 amide bonds. The maximum Gasteiger partial charge on any atom is 0.257 e. The molecule has 1 aliphatic heterocycles. The predicted octanol–water partition coefficient (Wildman–Crippen LogP) is 2.46. The summed E-state index contributed by atoms with van der Waals surface area (Å²) in [5, 5.41) is 0. The first kappa shape index (κ1) is 18.6. The zero-order valence-electron chi connectivity index (χ0n) is 11.9. The number of piperidine rings is 1. The summed E-state index contributed by atoms with van der Waals surface area (Å²) in [6, 6.07) is 3.57. The van der Waals surface area contributed by atoms with Crippen LogP contribution in [0, 0.1) is 5.82 Å². The second-order valence-electron chi connectivity index (χ2n) is 4.93. The minimum absolute atomic E-state index is 0. The highest BCUT2D eigenvalue weighted by Gasteiger charge is 2.36. The van der Waals surface area contributed by atoms with Gasteiger partial charge in [0, 0.05) is 32.5 Å². The van der Waals surface area contributed by atoms with Gasteiger partial charge in [-0.1, -0.05) is 0 Å². The molecule has 0 atom stereocenters. The number of likely N-dealkylation sites (tertiary alicyclic amines) is 1. The molecule has 1 aromatic rings. The molecule has 0 aliphatic carbocycles. The molecule has 0 unspecified atom stereocenters. The van der Waals surface area contributed by atoms with Crippen LogP contribution in [0.2, 0.25) is 0 Å². The van der Waals surface area contributed by atoms with Crippen molar-refractivity contribution in [2.75, 3.05) is 26.2 Å². The number of nitrogens with zero attached hydrogens (tertiary/aromatic N) is 1. The van der Waals surface area contributed by atoms with Crippen molar-refractivity contribution >= 4 is 18.3 Å². The second kappa shape index (κ2) is 7.69. The van der Waals surface area contributed by atoms with E-state index in [0.29, 0.717) is 0 Å². The van der Waals surface area contributed by atoms with Crippen LogP contribution in [-0.2, 0) is 0 Å². The van der Waals surface area contributed by atoms with Gasteiger partial charge >= 0.3 is 0 Å². The maximum absolute atomic E-state index is 13.3. The van der Waals surface area contributed by atoms with Gasteiger partial charge in [0.05, 0.1) is 5.56 Å². The Labute approximate surface area is 132 Å². The minimum Gasteiger partial charge on any atom is -0.491 e. The number of ether oxygens (including phenoxy) is 1. The Morgan fingerprint density at radius 1 is 1.32 bits per heavy atom. The van der Waals surface area contributed by atoms with Gasteiger partial charge in [-0.15, -0.1) is 12.4 Å². The largest absolute Gasteiger partial charge is 0.491 e. The summed E-state index contributed by atoms with van der Waals surface area (Å²) < 4.78 is 44.9. The molecule has 1 aliphatic rings. The van der Waals surface area contributed by atoms with Crippen molar-refractivity contribution in [1.29, 1.82) is 0 Å². The van der Waals surface area contributed by atoms with Crippen LogP contribution in [0.5, 0.6) is 5.75 Å². The SMILES string of the molecule is Cl.NCCOc1ccc(F)cc1C(=O)N1CCC(F)(F)CC1. The average Bonchev–Trinajstić information content (AvgIpc) is 2.45. The molecule has 22 heavy (non-hydrogen) atoms. The lowest BCUT2D eigenvalue weighted by Gasteiger charge is -2.32. The van der Waals surface area contributed by atoms with Crippen LogP contribution in [0.3, 0.4) is 0 Å². The molecule has 0 bridgehead atoms. The second-order valence-corrected chi connectivity index (χ2v) is 4.93. The molecular weight excluding hydrogens is 321 g/mol. The van der Waals surface area contributed by atoms with Crippen LogP contribution >= 0.6 is 12.4 Å². The highest BCUT2D eigenvalue weighted by molar-refractivity contribution is 5.97. The molecule has 0 spiro atoms. The Balaban J connectivity index is 0.00000242. The quantitative estimate of drug-likeness (QED) is 0.917. The average molecular weight is 339 g/mol. The summed E-state index contributed by atoms with van der Waals surface area (Å²) in [6.45, 7) is 0.322. The Morgan fingerprint density at radius 3 is 2.55 bits per heavy atom. The smallest absolute Gasteiger partial charge is 0.257 e. The van der Waals surface area contributed by atoms with Gasteiger partial charge in [0.2, 0.25) is 0 Å². The van der Waals surface area contributed by atoms with E-state index in [4.69, 9.17) is 10.5 Å². The summed E-state index contributed by atoms with van der Waals surface area (Å²) in [5.74, 6) is -3.61.